The number of benzene rings is 1. The SMILES string of the molecule is CCNc1cc2oc(=O)cc(C)c2cc1C. The number of rotatable bonds is 2. The fourth-order valence-electron chi connectivity index (χ4n) is 1.85. The van der Waals surface area contributed by atoms with E-state index >= 15 is 0 Å². The lowest BCUT2D eigenvalue weighted by Gasteiger charge is -2.09. The Labute approximate surface area is 94.1 Å². The molecule has 0 aliphatic heterocycles. The van der Waals surface area contributed by atoms with Crippen LogP contribution in [0.15, 0.2) is 27.4 Å². The molecule has 1 N–H and O–H groups in total. The molecular formula is C13H15NO2. The summed E-state index contributed by atoms with van der Waals surface area (Å²) in [7, 11) is 0. The van der Waals surface area contributed by atoms with Gasteiger partial charge in [-0.25, -0.2) is 4.79 Å². The zero-order valence-corrected chi connectivity index (χ0v) is 9.76. The van der Waals surface area contributed by atoms with Crippen LogP contribution in [0.3, 0.4) is 0 Å². The molecule has 0 amide bonds. The molecule has 0 saturated heterocycles. The van der Waals surface area contributed by atoms with Crippen molar-refractivity contribution >= 4 is 16.7 Å². The normalized spacial score (nSPS) is 10.7. The fourth-order valence-corrected chi connectivity index (χ4v) is 1.85. The Balaban J connectivity index is 2.74. The molecule has 1 aromatic heterocycles. The highest BCUT2D eigenvalue weighted by atomic mass is 16.4. The van der Waals surface area contributed by atoms with Crippen LogP contribution in [0, 0.1) is 13.8 Å². The number of nitrogens with one attached hydrogen (secondary N) is 1. The van der Waals surface area contributed by atoms with Gasteiger partial charge in [-0.2, -0.15) is 0 Å². The summed E-state index contributed by atoms with van der Waals surface area (Å²) >= 11 is 0. The largest absolute Gasteiger partial charge is 0.423 e. The number of anilines is 1. The van der Waals surface area contributed by atoms with Gasteiger partial charge in [0.2, 0.25) is 0 Å². The van der Waals surface area contributed by atoms with Gasteiger partial charge in [-0.1, -0.05) is 0 Å². The topological polar surface area (TPSA) is 42.2 Å². The Kier molecular flexibility index (Phi) is 2.69. The van der Waals surface area contributed by atoms with Crippen LogP contribution >= 0.6 is 0 Å². The molecule has 3 nitrogen and oxygen atoms in total. The van der Waals surface area contributed by atoms with Gasteiger partial charge in [-0.15, -0.1) is 0 Å². The third-order valence-corrected chi connectivity index (χ3v) is 2.66. The quantitative estimate of drug-likeness (QED) is 0.786. The van der Waals surface area contributed by atoms with Crippen LogP contribution in [-0.4, -0.2) is 6.54 Å². The minimum Gasteiger partial charge on any atom is -0.423 e. The summed E-state index contributed by atoms with van der Waals surface area (Å²) in [5.74, 6) is 0. The summed E-state index contributed by atoms with van der Waals surface area (Å²) < 4.78 is 5.19. The highest BCUT2D eigenvalue weighted by molar-refractivity contribution is 5.84. The van der Waals surface area contributed by atoms with Crippen LogP contribution in [-0.2, 0) is 0 Å². The standard InChI is InChI=1S/C13H15NO2/c1-4-14-11-7-12-10(5-9(11)3)8(2)6-13(15)16-12/h5-7,14H,4H2,1-3H3. The van der Waals surface area contributed by atoms with Crippen LogP contribution in [0.2, 0.25) is 0 Å². The molecule has 84 valence electrons. The summed E-state index contributed by atoms with van der Waals surface area (Å²) in [5, 5.41) is 4.24. The summed E-state index contributed by atoms with van der Waals surface area (Å²) in [6, 6.07) is 5.46. The maximum Gasteiger partial charge on any atom is 0.336 e. The Hall–Kier alpha value is -1.77. The van der Waals surface area contributed by atoms with Gasteiger partial charge in [0.05, 0.1) is 0 Å². The Morgan fingerprint density at radius 3 is 2.62 bits per heavy atom. The predicted octanol–water partition coefficient (Wildman–Crippen LogP) is 2.84. The van der Waals surface area contributed by atoms with Gasteiger partial charge in [0.1, 0.15) is 5.58 Å². The van der Waals surface area contributed by atoms with Gasteiger partial charge in [0.25, 0.3) is 0 Å². The maximum absolute atomic E-state index is 11.3. The minimum absolute atomic E-state index is 0.295. The molecule has 0 atom stereocenters. The second-order valence-electron chi connectivity index (χ2n) is 3.94. The van der Waals surface area contributed by atoms with Gasteiger partial charge in [0, 0.05) is 29.8 Å². The van der Waals surface area contributed by atoms with E-state index < -0.39 is 0 Å². The fraction of sp³-hybridized carbons (Fsp3) is 0.308. The maximum atomic E-state index is 11.3. The average molecular weight is 217 g/mol. The van der Waals surface area contributed by atoms with Crippen molar-refractivity contribution in [2.75, 3.05) is 11.9 Å². The van der Waals surface area contributed by atoms with Crippen molar-refractivity contribution in [3.8, 4) is 0 Å². The molecule has 2 aromatic rings. The molecule has 0 saturated carbocycles. The summed E-state index contributed by atoms with van der Waals surface area (Å²) in [6.07, 6.45) is 0. The van der Waals surface area contributed by atoms with E-state index in [1.54, 1.807) is 0 Å². The molecule has 0 aliphatic carbocycles. The van der Waals surface area contributed by atoms with Crippen molar-refractivity contribution in [2.45, 2.75) is 20.8 Å². The molecule has 0 bridgehead atoms. The molecule has 3 heteroatoms. The van der Waals surface area contributed by atoms with Gasteiger partial charge in [0.15, 0.2) is 0 Å². The van der Waals surface area contributed by atoms with Gasteiger partial charge < -0.3 is 9.73 Å². The Morgan fingerprint density at radius 2 is 1.94 bits per heavy atom. The van der Waals surface area contributed by atoms with Crippen molar-refractivity contribution in [3.63, 3.8) is 0 Å². The van der Waals surface area contributed by atoms with Crippen LogP contribution in [0.4, 0.5) is 5.69 Å². The first-order valence-electron chi connectivity index (χ1n) is 5.41. The van der Waals surface area contributed by atoms with E-state index in [0.29, 0.717) is 5.58 Å². The van der Waals surface area contributed by atoms with Crippen LogP contribution in [0.5, 0.6) is 0 Å². The van der Waals surface area contributed by atoms with Crippen molar-refractivity contribution in [1.82, 2.24) is 0 Å². The smallest absolute Gasteiger partial charge is 0.336 e. The average Bonchev–Trinajstić information content (AvgIpc) is 2.21. The molecule has 1 heterocycles. The molecule has 0 spiro atoms. The van der Waals surface area contributed by atoms with Crippen molar-refractivity contribution < 1.29 is 4.42 Å². The van der Waals surface area contributed by atoms with Gasteiger partial charge >= 0.3 is 5.63 Å². The number of aryl methyl sites for hydroxylation is 2. The molecule has 1 aromatic carbocycles. The lowest BCUT2D eigenvalue weighted by molar-refractivity contribution is 0.560. The van der Waals surface area contributed by atoms with E-state index in [0.717, 1.165) is 28.7 Å². The van der Waals surface area contributed by atoms with Crippen molar-refractivity contribution in [3.05, 3.63) is 39.7 Å². The molecule has 0 radical (unpaired) electrons. The molecule has 0 aliphatic rings. The molecule has 0 unspecified atom stereocenters. The molecular weight excluding hydrogens is 202 g/mol. The minimum atomic E-state index is -0.295. The molecule has 0 fully saturated rings. The van der Waals surface area contributed by atoms with Gasteiger partial charge in [-0.05, 0) is 38.0 Å². The van der Waals surface area contributed by atoms with E-state index in [2.05, 4.69) is 5.32 Å². The lowest BCUT2D eigenvalue weighted by Crippen LogP contribution is -2.01. The third-order valence-electron chi connectivity index (χ3n) is 2.66. The van der Waals surface area contributed by atoms with E-state index in [1.165, 1.54) is 6.07 Å². The number of hydrogen-bond donors (Lipinski definition) is 1. The third kappa shape index (κ3) is 1.81. The zero-order valence-electron chi connectivity index (χ0n) is 9.76. The highest BCUT2D eigenvalue weighted by Crippen LogP contribution is 2.24. The number of hydrogen-bond acceptors (Lipinski definition) is 3. The first-order chi connectivity index (χ1) is 7.61. The Morgan fingerprint density at radius 1 is 1.19 bits per heavy atom. The van der Waals surface area contributed by atoms with E-state index in [1.807, 2.05) is 32.9 Å². The van der Waals surface area contributed by atoms with E-state index in [4.69, 9.17) is 4.42 Å². The summed E-state index contributed by atoms with van der Waals surface area (Å²) in [6.45, 7) is 6.85. The van der Waals surface area contributed by atoms with Crippen molar-refractivity contribution in [2.24, 2.45) is 0 Å². The second kappa shape index (κ2) is 4.00. The van der Waals surface area contributed by atoms with Gasteiger partial charge in [-0.3, -0.25) is 0 Å². The second-order valence-corrected chi connectivity index (χ2v) is 3.94. The lowest BCUT2D eigenvalue weighted by atomic mass is 10.1. The Bertz CT molecular complexity index is 584. The predicted molar refractivity (Wildman–Crippen MR) is 66.1 cm³/mol. The highest BCUT2D eigenvalue weighted by Gasteiger charge is 2.05. The van der Waals surface area contributed by atoms with E-state index in [-0.39, 0.29) is 5.63 Å². The van der Waals surface area contributed by atoms with Crippen molar-refractivity contribution in [1.29, 1.82) is 0 Å². The monoisotopic (exact) mass is 217 g/mol. The first-order valence-corrected chi connectivity index (χ1v) is 5.41. The first kappa shape index (κ1) is 10.7. The van der Waals surface area contributed by atoms with E-state index in [9.17, 15) is 4.79 Å². The summed E-state index contributed by atoms with van der Waals surface area (Å²) in [5.41, 5.74) is 3.48. The van der Waals surface area contributed by atoms with Crippen LogP contribution < -0.4 is 10.9 Å². The number of fused-ring (bicyclic) bond motifs is 1. The zero-order chi connectivity index (χ0) is 11.7. The van der Waals surface area contributed by atoms with Crippen LogP contribution in [0.25, 0.3) is 11.0 Å². The van der Waals surface area contributed by atoms with Crippen LogP contribution in [0.1, 0.15) is 18.1 Å². The summed E-state index contributed by atoms with van der Waals surface area (Å²) in [4.78, 5) is 11.3. The molecule has 2 rings (SSSR count). The molecule has 16 heavy (non-hydrogen) atoms.